The van der Waals surface area contributed by atoms with Gasteiger partial charge in [-0.3, -0.25) is 0 Å². The fraction of sp³-hybridized carbons (Fsp3) is 0.538. The smallest absolute Gasteiger partial charge is 0.149 e. The Bertz CT molecular complexity index is 397. The van der Waals surface area contributed by atoms with Crippen LogP contribution in [0.15, 0.2) is 12.1 Å². The van der Waals surface area contributed by atoms with Crippen molar-refractivity contribution in [1.29, 1.82) is 0 Å². The van der Waals surface area contributed by atoms with Crippen molar-refractivity contribution in [3.05, 3.63) is 29.3 Å². The molecule has 0 radical (unpaired) electrons. The number of nitrogens with zero attached hydrogens (tertiary/aromatic N) is 1. The van der Waals surface area contributed by atoms with E-state index in [1.54, 1.807) is 11.9 Å². The first kappa shape index (κ1) is 12.3. The predicted octanol–water partition coefficient (Wildman–Crippen LogP) is 2.52. The van der Waals surface area contributed by atoms with Gasteiger partial charge in [-0.25, -0.2) is 8.78 Å². The van der Waals surface area contributed by atoms with E-state index >= 15 is 0 Å². The van der Waals surface area contributed by atoms with Gasteiger partial charge in [0.1, 0.15) is 17.3 Å². The molecule has 0 aliphatic heterocycles. The summed E-state index contributed by atoms with van der Waals surface area (Å²) in [5, 5.41) is 0. The Morgan fingerprint density at radius 3 is 2.29 bits per heavy atom. The summed E-state index contributed by atoms with van der Waals surface area (Å²) in [6, 6.07) is 2.62. The maximum Gasteiger partial charge on any atom is 0.149 e. The third-order valence-electron chi connectivity index (χ3n) is 3.48. The van der Waals surface area contributed by atoms with Crippen LogP contribution in [-0.2, 0) is 6.54 Å². The normalized spacial score (nSPS) is 22.6. The lowest BCUT2D eigenvalue weighted by molar-refractivity contribution is 0.568. The van der Waals surface area contributed by atoms with Crippen LogP contribution in [0.3, 0.4) is 0 Å². The van der Waals surface area contributed by atoms with Gasteiger partial charge in [0.25, 0.3) is 0 Å². The van der Waals surface area contributed by atoms with Gasteiger partial charge in [-0.15, -0.1) is 0 Å². The van der Waals surface area contributed by atoms with Crippen LogP contribution in [0.25, 0.3) is 0 Å². The van der Waals surface area contributed by atoms with Gasteiger partial charge in [0.2, 0.25) is 0 Å². The summed E-state index contributed by atoms with van der Waals surface area (Å²) in [6.07, 6.45) is 1.15. The molecule has 17 heavy (non-hydrogen) atoms. The van der Waals surface area contributed by atoms with E-state index in [1.165, 1.54) is 12.1 Å². The lowest BCUT2D eigenvalue weighted by Crippen LogP contribution is -2.23. The van der Waals surface area contributed by atoms with Crippen LogP contribution in [0.2, 0.25) is 0 Å². The average molecular weight is 240 g/mol. The van der Waals surface area contributed by atoms with Crippen molar-refractivity contribution in [3.8, 4) is 0 Å². The summed E-state index contributed by atoms with van der Waals surface area (Å²) in [4.78, 5) is 1.67. The zero-order chi connectivity index (χ0) is 12.6. The molecular formula is C13H18F2N2. The summed E-state index contributed by atoms with van der Waals surface area (Å²) in [5.41, 5.74) is 5.92. The molecule has 0 heterocycles. The van der Waals surface area contributed by atoms with E-state index in [9.17, 15) is 8.78 Å². The molecule has 1 aromatic carbocycles. The molecule has 1 aliphatic carbocycles. The molecular weight excluding hydrogens is 222 g/mol. The molecule has 0 amide bonds. The molecule has 2 unspecified atom stereocenters. The second-order valence-electron chi connectivity index (χ2n) is 4.97. The quantitative estimate of drug-likeness (QED) is 0.876. The molecule has 1 aromatic rings. The van der Waals surface area contributed by atoms with E-state index < -0.39 is 11.6 Å². The Morgan fingerprint density at radius 2 is 1.88 bits per heavy atom. The van der Waals surface area contributed by atoms with Gasteiger partial charge in [0, 0.05) is 20.1 Å². The van der Waals surface area contributed by atoms with Gasteiger partial charge >= 0.3 is 0 Å². The molecule has 1 aliphatic rings. The second kappa shape index (κ2) is 4.61. The Labute approximate surface area is 100 Å². The molecule has 1 saturated carbocycles. The number of halogens is 2. The summed E-state index contributed by atoms with van der Waals surface area (Å²) in [7, 11) is 1.73. The monoisotopic (exact) mass is 240 g/mol. The molecule has 94 valence electrons. The van der Waals surface area contributed by atoms with Gasteiger partial charge in [0.15, 0.2) is 0 Å². The lowest BCUT2D eigenvalue weighted by Gasteiger charge is -2.21. The highest BCUT2D eigenvalue weighted by atomic mass is 19.1. The number of nitrogens with two attached hydrogens (primary N) is 1. The molecule has 0 saturated heterocycles. The molecule has 2 atom stereocenters. The van der Waals surface area contributed by atoms with E-state index in [1.807, 2.05) is 0 Å². The van der Waals surface area contributed by atoms with Gasteiger partial charge in [0.05, 0.1) is 0 Å². The molecule has 2 nitrogen and oxygen atoms in total. The number of hydrogen-bond acceptors (Lipinski definition) is 2. The molecule has 0 aromatic heterocycles. The summed E-state index contributed by atoms with van der Waals surface area (Å²) in [5.74, 6) is 0.183. The summed E-state index contributed by atoms with van der Waals surface area (Å²) >= 11 is 0. The first-order valence-electron chi connectivity index (χ1n) is 5.92. The summed E-state index contributed by atoms with van der Waals surface area (Å²) in [6.45, 7) is 3.01. The van der Waals surface area contributed by atoms with Crippen LogP contribution in [0.1, 0.15) is 18.9 Å². The lowest BCUT2D eigenvalue weighted by atomic mass is 10.1. The van der Waals surface area contributed by atoms with Crippen molar-refractivity contribution in [2.24, 2.45) is 17.6 Å². The minimum atomic E-state index is -0.527. The van der Waals surface area contributed by atoms with E-state index in [4.69, 9.17) is 5.73 Å². The number of benzene rings is 1. The number of hydrogen-bond donors (Lipinski definition) is 1. The van der Waals surface area contributed by atoms with Gasteiger partial charge < -0.3 is 10.6 Å². The van der Waals surface area contributed by atoms with E-state index in [0.29, 0.717) is 23.9 Å². The van der Waals surface area contributed by atoms with Crippen molar-refractivity contribution < 1.29 is 8.78 Å². The first-order chi connectivity index (χ1) is 8.02. The topological polar surface area (TPSA) is 29.3 Å². The Balaban J connectivity index is 2.19. The summed E-state index contributed by atoms with van der Waals surface area (Å²) < 4.78 is 27.6. The van der Waals surface area contributed by atoms with Gasteiger partial charge in [-0.1, -0.05) is 6.92 Å². The minimum absolute atomic E-state index is 0.0568. The fourth-order valence-corrected chi connectivity index (χ4v) is 2.20. The maximum absolute atomic E-state index is 13.8. The highest BCUT2D eigenvalue weighted by molar-refractivity contribution is 5.50. The van der Waals surface area contributed by atoms with Crippen LogP contribution in [-0.4, -0.2) is 13.6 Å². The zero-order valence-electron chi connectivity index (χ0n) is 10.2. The molecule has 2 rings (SSSR count). The van der Waals surface area contributed by atoms with Crippen LogP contribution in [0.5, 0.6) is 0 Å². The Hall–Kier alpha value is -1.16. The van der Waals surface area contributed by atoms with Crippen LogP contribution in [0.4, 0.5) is 14.5 Å². The minimum Gasteiger partial charge on any atom is -0.370 e. The van der Waals surface area contributed by atoms with Crippen LogP contribution < -0.4 is 10.6 Å². The molecule has 4 heteroatoms. The Morgan fingerprint density at radius 1 is 1.35 bits per heavy atom. The highest BCUT2D eigenvalue weighted by Gasteiger charge is 2.34. The standard InChI is InChI=1S/C13H18F2N2/c1-8-3-10(8)7-17(2)13-11(14)4-9(6-16)5-12(13)15/h4-5,8,10H,3,6-7,16H2,1-2H3. The van der Waals surface area contributed by atoms with Crippen molar-refractivity contribution in [1.82, 2.24) is 0 Å². The largest absolute Gasteiger partial charge is 0.370 e. The number of rotatable bonds is 4. The van der Waals surface area contributed by atoms with Gasteiger partial charge in [-0.2, -0.15) is 0 Å². The number of anilines is 1. The van der Waals surface area contributed by atoms with Crippen molar-refractivity contribution >= 4 is 5.69 Å². The predicted molar refractivity (Wildman–Crippen MR) is 64.8 cm³/mol. The van der Waals surface area contributed by atoms with Crippen LogP contribution in [0, 0.1) is 23.5 Å². The molecule has 1 fully saturated rings. The molecule has 2 N–H and O–H groups in total. The fourth-order valence-electron chi connectivity index (χ4n) is 2.20. The SMILES string of the molecule is CC1CC1CN(C)c1c(F)cc(CN)cc1F. The average Bonchev–Trinajstić information content (AvgIpc) is 2.92. The van der Waals surface area contributed by atoms with E-state index in [2.05, 4.69) is 6.92 Å². The van der Waals surface area contributed by atoms with E-state index in [0.717, 1.165) is 6.42 Å². The third kappa shape index (κ3) is 2.57. The van der Waals surface area contributed by atoms with Gasteiger partial charge in [-0.05, 0) is 36.0 Å². The van der Waals surface area contributed by atoms with Crippen molar-refractivity contribution in [3.63, 3.8) is 0 Å². The second-order valence-corrected chi connectivity index (χ2v) is 4.97. The molecule has 0 spiro atoms. The first-order valence-corrected chi connectivity index (χ1v) is 5.92. The van der Waals surface area contributed by atoms with E-state index in [-0.39, 0.29) is 12.2 Å². The highest BCUT2D eigenvalue weighted by Crippen LogP contribution is 2.39. The Kier molecular flexibility index (Phi) is 3.33. The van der Waals surface area contributed by atoms with Crippen molar-refractivity contribution in [2.45, 2.75) is 19.9 Å². The van der Waals surface area contributed by atoms with Crippen LogP contribution >= 0.6 is 0 Å². The maximum atomic E-state index is 13.8. The molecule has 0 bridgehead atoms. The zero-order valence-corrected chi connectivity index (χ0v) is 10.2. The third-order valence-corrected chi connectivity index (χ3v) is 3.48. The van der Waals surface area contributed by atoms with Crippen molar-refractivity contribution in [2.75, 3.05) is 18.5 Å².